The molecule has 0 aliphatic heterocycles. The lowest BCUT2D eigenvalue weighted by atomic mass is 10.1. The number of methoxy groups -OCH3 is 2. The van der Waals surface area contributed by atoms with Crippen LogP contribution in [0.2, 0.25) is 5.02 Å². The lowest BCUT2D eigenvalue weighted by Gasteiger charge is -2.11. The van der Waals surface area contributed by atoms with Crippen LogP contribution in [0, 0.1) is 15.9 Å². The van der Waals surface area contributed by atoms with Gasteiger partial charge in [-0.1, -0.05) is 11.6 Å². The molecule has 7 nitrogen and oxygen atoms in total. The van der Waals surface area contributed by atoms with Crippen molar-refractivity contribution in [2.24, 2.45) is 0 Å². The van der Waals surface area contributed by atoms with Crippen molar-refractivity contribution in [2.75, 3.05) is 20.8 Å². The van der Waals surface area contributed by atoms with E-state index in [1.54, 1.807) is 0 Å². The summed E-state index contributed by atoms with van der Waals surface area (Å²) in [7, 11) is 2.81. The lowest BCUT2D eigenvalue weighted by Crippen LogP contribution is -2.26. The second-order valence-electron chi connectivity index (χ2n) is 5.22. The number of halogens is 2. The summed E-state index contributed by atoms with van der Waals surface area (Å²) < 4.78 is 23.2. The number of hydrogen-bond donors (Lipinski definition) is 1. The summed E-state index contributed by atoms with van der Waals surface area (Å²) in [4.78, 5) is 22.8. The van der Waals surface area contributed by atoms with Gasteiger partial charge in [0.25, 0.3) is 11.6 Å². The predicted octanol–water partition coefficient (Wildman–Crippen LogP) is 3.38. The van der Waals surface area contributed by atoms with E-state index in [0.29, 0.717) is 11.3 Å². The first-order valence-electron chi connectivity index (χ1n) is 7.50. The van der Waals surface area contributed by atoms with E-state index in [4.69, 9.17) is 21.1 Å². The molecule has 2 aromatic rings. The Labute approximate surface area is 153 Å². The van der Waals surface area contributed by atoms with E-state index in [2.05, 4.69) is 5.32 Å². The van der Waals surface area contributed by atoms with Crippen molar-refractivity contribution >= 4 is 23.2 Å². The highest BCUT2D eigenvalue weighted by Crippen LogP contribution is 2.34. The first kappa shape index (κ1) is 19.5. The monoisotopic (exact) mass is 382 g/mol. The van der Waals surface area contributed by atoms with Crippen LogP contribution in [-0.4, -0.2) is 31.6 Å². The Hall–Kier alpha value is -2.87. The van der Waals surface area contributed by atoms with Gasteiger partial charge in [0.1, 0.15) is 5.82 Å². The molecule has 0 spiro atoms. The molecular formula is C17H16ClFN2O5. The van der Waals surface area contributed by atoms with Crippen LogP contribution in [0.25, 0.3) is 0 Å². The maximum atomic E-state index is 13.0. The van der Waals surface area contributed by atoms with Gasteiger partial charge in [-0.2, -0.15) is 0 Å². The molecular weight excluding hydrogens is 367 g/mol. The molecule has 9 heteroatoms. The van der Waals surface area contributed by atoms with Crippen LogP contribution in [-0.2, 0) is 6.42 Å². The Morgan fingerprint density at radius 1 is 1.23 bits per heavy atom. The number of carbonyl (C=O) groups is 1. The highest BCUT2D eigenvalue weighted by atomic mass is 35.5. The number of benzene rings is 2. The van der Waals surface area contributed by atoms with Gasteiger partial charge in [-0.15, -0.1) is 0 Å². The molecule has 0 aliphatic carbocycles. The van der Waals surface area contributed by atoms with Gasteiger partial charge in [0.2, 0.25) is 0 Å². The Kier molecular flexibility index (Phi) is 6.35. The fraction of sp³-hybridized carbons (Fsp3) is 0.235. The molecule has 0 aliphatic rings. The molecule has 0 radical (unpaired) electrons. The number of nitro groups is 1. The molecule has 0 saturated heterocycles. The minimum atomic E-state index is -0.549. The highest BCUT2D eigenvalue weighted by Gasteiger charge is 2.19. The van der Waals surface area contributed by atoms with E-state index in [9.17, 15) is 19.3 Å². The quantitative estimate of drug-likeness (QED) is 0.585. The minimum absolute atomic E-state index is 0.0143. The fourth-order valence-electron chi connectivity index (χ4n) is 2.36. The van der Waals surface area contributed by atoms with Crippen LogP contribution >= 0.6 is 11.6 Å². The van der Waals surface area contributed by atoms with E-state index >= 15 is 0 Å². The summed E-state index contributed by atoms with van der Waals surface area (Å²) in [5, 5.41) is 13.8. The molecule has 1 amide bonds. The maximum Gasteiger partial charge on any atom is 0.276 e. The summed E-state index contributed by atoms with van der Waals surface area (Å²) >= 11 is 5.84. The van der Waals surface area contributed by atoms with Gasteiger partial charge in [-0.05, 0) is 30.7 Å². The topological polar surface area (TPSA) is 90.7 Å². The Morgan fingerprint density at radius 2 is 1.88 bits per heavy atom. The van der Waals surface area contributed by atoms with Gasteiger partial charge in [-0.3, -0.25) is 14.9 Å². The molecule has 0 heterocycles. The number of hydrogen-bond acceptors (Lipinski definition) is 5. The molecule has 0 saturated carbocycles. The zero-order valence-electron chi connectivity index (χ0n) is 14.0. The van der Waals surface area contributed by atoms with Crippen LogP contribution in [0.3, 0.4) is 0 Å². The third-order valence-electron chi connectivity index (χ3n) is 3.64. The summed E-state index contributed by atoms with van der Waals surface area (Å²) in [6, 6.07) is 6.20. The number of amides is 1. The average molecular weight is 383 g/mol. The number of nitrogens with one attached hydrogen (secondary N) is 1. The van der Waals surface area contributed by atoms with Crippen LogP contribution in [0.15, 0.2) is 30.3 Å². The van der Waals surface area contributed by atoms with E-state index in [-0.39, 0.29) is 35.0 Å². The van der Waals surface area contributed by atoms with Crippen LogP contribution < -0.4 is 14.8 Å². The molecule has 0 atom stereocenters. The zero-order chi connectivity index (χ0) is 19.3. The first-order valence-corrected chi connectivity index (χ1v) is 7.87. The van der Waals surface area contributed by atoms with Crippen molar-refractivity contribution in [3.8, 4) is 11.5 Å². The SMILES string of the molecule is COc1cc(CCNC(=O)c2ccc(F)cc2Cl)c([N+](=O)[O-])cc1OC. The van der Waals surface area contributed by atoms with E-state index in [1.165, 1.54) is 32.4 Å². The van der Waals surface area contributed by atoms with Gasteiger partial charge < -0.3 is 14.8 Å². The van der Waals surface area contributed by atoms with Crippen LogP contribution in [0.5, 0.6) is 11.5 Å². The zero-order valence-corrected chi connectivity index (χ0v) is 14.8. The largest absolute Gasteiger partial charge is 0.493 e. The third-order valence-corrected chi connectivity index (χ3v) is 3.95. The third kappa shape index (κ3) is 4.40. The van der Waals surface area contributed by atoms with Crippen molar-refractivity contribution in [3.05, 3.63) is 62.4 Å². The van der Waals surface area contributed by atoms with Crippen molar-refractivity contribution in [1.29, 1.82) is 0 Å². The van der Waals surface area contributed by atoms with Gasteiger partial charge in [0.05, 0.1) is 35.8 Å². The average Bonchev–Trinajstić information content (AvgIpc) is 2.60. The van der Waals surface area contributed by atoms with Gasteiger partial charge in [0, 0.05) is 12.1 Å². The summed E-state index contributed by atoms with van der Waals surface area (Å²) in [5.74, 6) is -0.461. The van der Waals surface area contributed by atoms with E-state index in [1.807, 2.05) is 0 Å². The standard InChI is InChI=1S/C17H16ClFN2O5/c1-25-15-7-10(14(21(23)24)9-16(15)26-2)5-6-20-17(22)12-4-3-11(19)8-13(12)18/h3-4,7-9H,5-6H2,1-2H3,(H,20,22). The molecule has 2 rings (SSSR count). The summed E-state index contributed by atoms with van der Waals surface area (Å²) in [5.41, 5.74) is 0.352. The number of nitro benzene ring substituents is 1. The highest BCUT2D eigenvalue weighted by molar-refractivity contribution is 6.33. The Balaban J connectivity index is 2.13. The van der Waals surface area contributed by atoms with Gasteiger partial charge >= 0.3 is 0 Å². The Bertz CT molecular complexity index is 844. The molecule has 26 heavy (non-hydrogen) atoms. The van der Waals surface area contributed by atoms with E-state index in [0.717, 1.165) is 12.1 Å². The van der Waals surface area contributed by atoms with Crippen molar-refractivity contribution in [2.45, 2.75) is 6.42 Å². The summed E-state index contributed by atoms with van der Waals surface area (Å²) in [6.45, 7) is 0.114. The van der Waals surface area contributed by atoms with E-state index < -0.39 is 16.6 Å². The number of carbonyl (C=O) groups excluding carboxylic acids is 1. The van der Waals surface area contributed by atoms with Crippen molar-refractivity contribution in [3.63, 3.8) is 0 Å². The fourth-order valence-corrected chi connectivity index (χ4v) is 2.61. The Morgan fingerprint density at radius 3 is 2.46 bits per heavy atom. The minimum Gasteiger partial charge on any atom is -0.493 e. The first-order chi connectivity index (χ1) is 12.4. The second kappa shape index (κ2) is 8.48. The van der Waals surface area contributed by atoms with Crippen LogP contribution in [0.4, 0.5) is 10.1 Å². The predicted molar refractivity (Wildman–Crippen MR) is 93.6 cm³/mol. The summed E-state index contributed by atoms with van der Waals surface area (Å²) in [6.07, 6.45) is 0.182. The molecule has 138 valence electrons. The van der Waals surface area contributed by atoms with Crippen molar-refractivity contribution < 1.29 is 23.6 Å². The number of rotatable bonds is 7. The molecule has 1 N–H and O–H groups in total. The smallest absolute Gasteiger partial charge is 0.276 e. The maximum absolute atomic E-state index is 13.0. The molecule has 0 aromatic heterocycles. The molecule has 0 fully saturated rings. The molecule has 0 bridgehead atoms. The van der Waals surface area contributed by atoms with Crippen LogP contribution in [0.1, 0.15) is 15.9 Å². The molecule has 0 unspecified atom stereocenters. The number of ether oxygens (including phenoxy) is 2. The lowest BCUT2D eigenvalue weighted by molar-refractivity contribution is -0.385. The number of nitrogens with zero attached hydrogens (tertiary/aromatic N) is 1. The van der Waals surface area contributed by atoms with Gasteiger partial charge in [-0.25, -0.2) is 4.39 Å². The molecule has 2 aromatic carbocycles. The van der Waals surface area contributed by atoms with Crippen molar-refractivity contribution in [1.82, 2.24) is 5.32 Å². The van der Waals surface area contributed by atoms with Gasteiger partial charge in [0.15, 0.2) is 11.5 Å². The normalized spacial score (nSPS) is 10.3. The second-order valence-corrected chi connectivity index (χ2v) is 5.63.